The van der Waals surface area contributed by atoms with E-state index in [-0.39, 0.29) is 35.6 Å². The summed E-state index contributed by atoms with van der Waals surface area (Å²) in [6.45, 7) is 3.49. The van der Waals surface area contributed by atoms with Gasteiger partial charge in [-0.05, 0) is 98.5 Å². The number of amides is 2. The summed E-state index contributed by atoms with van der Waals surface area (Å²) in [7, 11) is 3.43. The van der Waals surface area contributed by atoms with Gasteiger partial charge in [-0.2, -0.15) is 22.0 Å². The minimum absolute atomic E-state index is 0.0709. The van der Waals surface area contributed by atoms with E-state index in [2.05, 4.69) is 47.7 Å². The van der Waals surface area contributed by atoms with Crippen LogP contribution in [-0.4, -0.2) is 129 Å². The number of hydrogen-bond donors (Lipinski definition) is 3. The highest BCUT2D eigenvalue weighted by molar-refractivity contribution is 8.11. The van der Waals surface area contributed by atoms with E-state index in [1.165, 1.54) is 39.6 Å². The molecule has 2 aromatic heterocycles. The standard InChI is InChI=1S/C23H27N5O5S.C23H26N4O3.ClH2NO2S/c1-26(18-10-12-27(13-11-18)19-6-8-20(32-2)9-7-19)23(29)28-15-22(25-16-28)17-4-3-5-21(14-17)33-34(24,30)31;1-25(18-10-12-26(13-11-18)19-6-8-21(30-2)9-7-19)23(29)27-15-22(24-16-27)17-4-3-5-20(28)14-17;1-5(2,3)4/h3-9,14-16,18H,10-13H2,1-2H3,(H2,24,30,31);3-9,14-16,18,28H,10-13H2,1-2H3;(H2,2,3,4). The van der Waals surface area contributed by atoms with Gasteiger partial charge in [-0.25, -0.2) is 24.7 Å². The molecule has 0 atom stereocenters. The summed E-state index contributed by atoms with van der Waals surface area (Å²) in [5.74, 6) is 1.92. The molecular weight excluding hydrogens is 952 g/mol. The number of ether oxygens (including phenoxy) is 2. The number of methoxy groups -OCH3 is 2. The molecule has 2 saturated heterocycles. The van der Waals surface area contributed by atoms with Crippen LogP contribution < -0.4 is 33.7 Å². The van der Waals surface area contributed by atoms with E-state index in [4.69, 9.17) is 18.8 Å². The van der Waals surface area contributed by atoms with E-state index in [0.29, 0.717) is 17.0 Å². The lowest BCUT2D eigenvalue weighted by molar-refractivity contribution is 0.180. The molecule has 23 heteroatoms. The molecule has 0 bridgehead atoms. The maximum absolute atomic E-state index is 13.1. The molecule has 368 valence electrons. The fraction of sp³-hybridized carbons (Fsp3) is 0.304. The molecule has 0 aliphatic carbocycles. The molecule has 5 N–H and O–H groups in total. The minimum atomic E-state index is -4.13. The van der Waals surface area contributed by atoms with E-state index in [1.54, 1.807) is 73.8 Å². The molecule has 20 nitrogen and oxygen atoms in total. The Balaban J connectivity index is 0.000000208. The van der Waals surface area contributed by atoms with E-state index in [9.17, 15) is 31.5 Å². The van der Waals surface area contributed by atoms with Crippen molar-refractivity contribution in [3.63, 3.8) is 0 Å². The second-order valence-corrected chi connectivity index (χ2v) is 19.5. The Morgan fingerprint density at radius 2 is 1.03 bits per heavy atom. The summed E-state index contributed by atoms with van der Waals surface area (Å²) < 4.78 is 58.8. The van der Waals surface area contributed by atoms with Crippen LogP contribution in [0.25, 0.3) is 22.5 Å². The number of anilines is 2. The van der Waals surface area contributed by atoms with Crippen LogP contribution in [0.5, 0.6) is 23.0 Å². The highest BCUT2D eigenvalue weighted by Crippen LogP contribution is 2.28. The van der Waals surface area contributed by atoms with Crippen LogP contribution >= 0.6 is 10.7 Å². The van der Waals surface area contributed by atoms with E-state index < -0.39 is 19.5 Å². The smallest absolute Gasteiger partial charge is 0.380 e. The number of rotatable bonds is 10. The van der Waals surface area contributed by atoms with Crippen molar-refractivity contribution in [3.05, 3.63) is 122 Å². The quantitative estimate of drug-likeness (QED) is 0.134. The Bertz CT molecular complexity index is 2880. The topological polar surface area (TPSA) is 251 Å². The number of piperidine rings is 2. The molecule has 0 unspecified atom stereocenters. The molecule has 4 heterocycles. The van der Waals surface area contributed by atoms with Gasteiger partial charge in [0, 0.05) is 97.9 Å². The minimum Gasteiger partial charge on any atom is -0.508 e. The number of aromatic nitrogens is 4. The molecule has 0 spiro atoms. The number of imidazole rings is 2. The average molecular weight is 1010 g/mol. The molecule has 4 aromatic carbocycles. The van der Waals surface area contributed by atoms with Crippen LogP contribution in [0.2, 0.25) is 0 Å². The van der Waals surface area contributed by atoms with E-state index in [1.807, 2.05) is 49.5 Å². The molecule has 0 radical (unpaired) electrons. The van der Waals surface area contributed by atoms with Crippen molar-refractivity contribution in [1.29, 1.82) is 0 Å². The lowest BCUT2D eigenvalue weighted by atomic mass is 10.0. The first kappa shape index (κ1) is 51.5. The summed E-state index contributed by atoms with van der Waals surface area (Å²) in [5.41, 5.74) is 4.85. The van der Waals surface area contributed by atoms with Crippen LogP contribution in [-0.2, 0) is 19.5 Å². The molecule has 2 fully saturated rings. The fourth-order valence-electron chi connectivity index (χ4n) is 7.95. The van der Waals surface area contributed by atoms with Crippen LogP contribution in [0, 0.1) is 0 Å². The van der Waals surface area contributed by atoms with Crippen molar-refractivity contribution in [2.75, 3.05) is 64.3 Å². The van der Waals surface area contributed by atoms with Crippen molar-refractivity contribution >= 4 is 53.7 Å². The number of carbonyl (C=O) groups excluding carboxylic acids is 2. The Labute approximate surface area is 406 Å². The third-order valence-electron chi connectivity index (χ3n) is 11.6. The maximum Gasteiger partial charge on any atom is 0.380 e. The van der Waals surface area contributed by atoms with Crippen molar-refractivity contribution in [1.82, 2.24) is 28.9 Å². The number of nitrogens with two attached hydrogens (primary N) is 2. The van der Waals surface area contributed by atoms with Gasteiger partial charge in [-0.1, -0.05) is 24.3 Å². The van der Waals surface area contributed by atoms with Gasteiger partial charge in [0.2, 0.25) is 0 Å². The number of halogens is 1. The molecule has 6 aromatic rings. The van der Waals surface area contributed by atoms with Crippen LogP contribution in [0.4, 0.5) is 21.0 Å². The average Bonchev–Trinajstić information content (AvgIpc) is 4.05. The van der Waals surface area contributed by atoms with E-state index in [0.717, 1.165) is 74.6 Å². The number of nitrogens with zero attached hydrogens (tertiary/aromatic N) is 8. The number of benzene rings is 4. The van der Waals surface area contributed by atoms with Gasteiger partial charge < -0.3 is 38.4 Å². The Morgan fingerprint density at radius 3 is 1.41 bits per heavy atom. The third kappa shape index (κ3) is 14.8. The molecule has 0 saturated carbocycles. The third-order valence-corrected chi connectivity index (χ3v) is 12.0. The first-order valence-corrected chi connectivity index (χ1v) is 25.4. The van der Waals surface area contributed by atoms with Gasteiger partial charge in [0.05, 0.1) is 25.6 Å². The van der Waals surface area contributed by atoms with Gasteiger partial charge in [0.15, 0.2) is 0 Å². The Hall–Kier alpha value is -6.85. The van der Waals surface area contributed by atoms with E-state index >= 15 is 0 Å². The van der Waals surface area contributed by atoms with Gasteiger partial charge in [0.1, 0.15) is 35.7 Å². The molecule has 2 aliphatic rings. The zero-order valence-corrected chi connectivity index (χ0v) is 40.8. The summed E-state index contributed by atoms with van der Waals surface area (Å²) in [5, 5.41) is 18.7. The van der Waals surface area contributed by atoms with Crippen molar-refractivity contribution < 1.29 is 45.2 Å². The van der Waals surface area contributed by atoms with Gasteiger partial charge in [0.25, 0.3) is 9.24 Å². The summed E-state index contributed by atoms with van der Waals surface area (Å²) in [6, 6.07) is 29.3. The van der Waals surface area contributed by atoms with Gasteiger partial charge >= 0.3 is 22.4 Å². The zero-order chi connectivity index (χ0) is 49.9. The summed E-state index contributed by atoms with van der Waals surface area (Å²) in [6.07, 6.45) is 9.82. The first-order chi connectivity index (χ1) is 32.8. The van der Waals surface area contributed by atoms with Crippen molar-refractivity contribution in [2.24, 2.45) is 10.3 Å². The second kappa shape index (κ2) is 23.0. The predicted molar refractivity (Wildman–Crippen MR) is 263 cm³/mol. The second-order valence-electron chi connectivity index (χ2n) is 16.1. The van der Waals surface area contributed by atoms with Crippen LogP contribution in [0.1, 0.15) is 25.7 Å². The van der Waals surface area contributed by atoms with Crippen LogP contribution in [0.3, 0.4) is 0 Å². The number of phenolic OH excluding ortho intramolecular Hbond substituents is 1. The monoisotopic (exact) mass is 1010 g/mol. The van der Waals surface area contributed by atoms with Crippen molar-refractivity contribution in [2.45, 2.75) is 37.8 Å². The lowest BCUT2D eigenvalue weighted by Gasteiger charge is -2.37. The fourth-order valence-corrected chi connectivity index (χ4v) is 8.32. The lowest BCUT2D eigenvalue weighted by Crippen LogP contribution is -2.46. The highest BCUT2D eigenvalue weighted by Gasteiger charge is 2.28. The zero-order valence-electron chi connectivity index (χ0n) is 38.4. The summed E-state index contributed by atoms with van der Waals surface area (Å²) in [4.78, 5) is 42.8. The van der Waals surface area contributed by atoms with Gasteiger partial charge in [-0.3, -0.25) is 9.13 Å². The summed E-state index contributed by atoms with van der Waals surface area (Å²) >= 11 is 0. The molecule has 2 amide bonds. The maximum atomic E-state index is 13.1. The first-order valence-electron chi connectivity index (χ1n) is 21.5. The number of carbonyl (C=O) groups is 2. The molecule has 8 rings (SSSR count). The predicted octanol–water partition coefficient (Wildman–Crippen LogP) is 5.97. The largest absolute Gasteiger partial charge is 0.508 e. The SMILES string of the molecule is COc1ccc(N2CCC(N(C)C(=O)n3cnc(-c4cccc(O)c4)c3)CC2)cc1.COc1ccc(N2CCC(N(C)C(=O)n3cnc(-c4cccc(OS(N)(=O)=O)c4)c3)CC2)cc1.NS(=O)(=O)Cl. The molecule has 69 heavy (non-hydrogen) atoms. The number of hydrogen-bond acceptors (Lipinski definition) is 14. The molecular formula is C46H55ClN10O10S2. The Morgan fingerprint density at radius 1 is 0.638 bits per heavy atom. The van der Waals surface area contributed by atoms with Crippen LogP contribution in [0.15, 0.2) is 122 Å². The number of phenols is 1. The number of aromatic hydroxyl groups is 1. The molecule has 2 aliphatic heterocycles. The van der Waals surface area contributed by atoms with Gasteiger partial charge in [-0.15, -0.1) is 0 Å². The Kier molecular flexibility index (Phi) is 17.2. The normalized spacial score (nSPS) is 14.4. The van der Waals surface area contributed by atoms with Crippen molar-refractivity contribution in [3.8, 4) is 45.5 Å². The highest BCUT2D eigenvalue weighted by atomic mass is 35.7.